The zero-order valence-electron chi connectivity index (χ0n) is 26.0. The van der Waals surface area contributed by atoms with Crippen molar-refractivity contribution in [1.82, 2.24) is 10.2 Å². The summed E-state index contributed by atoms with van der Waals surface area (Å²) >= 11 is 0. The van der Waals surface area contributed by atoms with Crippen molar-refractivity contribution < 1.29 is 27.5 Å². The van der Waals surface area contributed by atoms with E-state index in [0.29, 0.717) is 43.4 Å². The summed E-state index contributed by atoms with van der Waals surface area (Å²) in [5.74, 6) is 0.870. The van der Waals surface area contributed by atoms with Crippen LogP contribution < -0.4 is 19.1 Å². The third-order valence-corrected chi connectivity index (χ3v) is 8.55. The fraction of sp³-hybridized carbons (Fsp3) is 0.412. The molecule has 0 aromatic heterocycles. The summed E-state index contributed by atoms with van der Waals surface area (Å²) in [6.07, 6.45) is 1.82. The van der Waals surface area contributed by atoms with Gasteiger partial charge < -0.3 is 19.7 Å². The Morgan fingerprint density at radius 2 is 1.61 bits per heavy atom. The highest BCUT2D eigenvalue weighted by atomic mass is 32.2. The first-order chi connectivity index (χ1) is 21.0. The molecule has 4 rings (SSSR count). The van der Waals surface area contributed by atoms with E-state index in [-0.39, 0.29) is 43.7 Å². The number of nitrogens with one attached hydrogen (secondary N) is 1. The molecule has 0 saturated carbocycles. The van der Waals surface area contributed by atoms with Crippen LogP contribution in [-0.4, -0.2) is 63.7 Å². The Morgan fingerprint density at radius 1 is 0.909 bits per heavy atom. The molecule has 1 N–H and O–H groups in total. The van der Waals surface area contributed by atoms with Gasteiger partial charge in [-0.2, -0.15) is 0 Å². The Kier molecular flexibility index (Phi) is 11.3. The molecule has 0 unspecified atom stereocenters. The predicted molar refractivity (Wildman–Crippen MR) is 172 cm³/mol. The lowest BCUT2D eigenvalue weighted by molar-refractivity contribution is -0.141. The minimum Gasteiger partial charge on any atom is -0.486 e. The number of nitrogens with zero attached hydrogens (tertiary/aromatic N) is 2. The molecule has 3 aromatic carbocycles. The standard InChI is InChI=1S/C34H43N3O6S/c1-25(2)23-35-34(39)30(21-27-11-6-5-7-12-27)36(24-28-13-8-10-26(3)20-28)33(38)14-9-17-37(44(4,40)41)29-15-16-31-32(22-29)43-19-18-42-31/h5-8,10-13,15-16,20,22,25,30H,9,14,17-19,21,23-24H2,1-4H3,(H,35,39)/t30-/m1/s1. The molecule has 0 fully saturated rings. The van der Waals surface area contributed by atoms with E-state index in [1.54, 1.807) is 23.1 Å². The maximum absolute atomic E-state index is 14.0. The van der Waals surface area contributed by atoms with Gasteiger partial charge in [-0.25, -0.2) is 8.42 Å². The van der Waals surface area contributed by atoms with Gasteiger partial charge in [0.25, 0.3) is 0 Å². The van der Waals surface area contributed by atoms with Crippen LogP contribution in [0.3, 0.4) is 0 Å². The molecular formula is C34H43N3O6S. The summed E-state index contributed by atoms with van der Waals surface area (Å²) in [5.41, 5.74) is 3.36. The largest absolute Gasteiger partial charge is 0.486 e. The van der Waals surface area contributed by atoms with Crippen LogP contribution in [0.5, 0.6) is 11.5 Å². The van der Waals surface area contributed by atoms with Gasteiger partial charge in [0.15, 0.2) is 11.5 Å². The van der Waals surface area contributed by atoms with Gasteiger partial charge >= 0.3 is 0 Å². The number of hydrogen-bond acceptors (Lipinski definition) is 6. The minimum atomic E-state index is -3.65. The van der Waals surface area contributed by atoms with Gasteiger partial charge in [0, 0.05) is 38.5 Å². The maximum Gasteiger partial charge on any atom is 0.243 e. The summed E-state index contributed by atoms with van der Waals surface area (Å²) in [4.78, 5) is 29.3. The summed E-state index contributed by atoms with van der Waals surface area (Å²) in [7, 11) is -3.65. The number of carbonyl (C=O) groups excluding carboxylic acids is 2. The van der Waals surface area contributed by atoms with Gasteiger partial charge in [-0.1, -0.05) is 74.0 Å². The molecule has 0 bridgehead atoms. The number of hydrogen-bond donors (Lipinski definition) is 1. The monoisotopic (exact) mass is 621 g/mol. The van der Waals surface area contributed by atoms with Gasteiger partial charge in [0.05, 0.1) is 11.9 Å². The van der Waals surface area contributed by atoms with E-state index in [1.165, 1.54) is 4.31 Å². The van der Waals surface area contributed by atoms with Crippen LogP contribution in [0, 0.1) is 12.8 Å². The van der Waals surface area contributed by atoms with E-state index in [0.717, 1.165) is 22.9 Å². The Balaban J connectivity index is 1.57. The van der Waals surface area contributed by atoms with E-state index < -0.39 is 16.1 Å². The van der Waals surface area contributed by atoms with Crippen LogP contribution in [0.2, 0.25) is 0 Å². The molecule has 1 aliphatic rings. The average molecular weight is 622 g/mol. The second-order valence-corrected chi connectivity index (χ2v) is 13.5. The number of sulfonamides is 1. The normalized spacial score (nSPS) is 13.3. The highest BCUT2D eigenvalue weighted by Gasteiger charge is 2.31. The van der Waals surface area contributed by atoms with Crippen molar-refractivity contribution in [3.63, 3.8) is 0 Å². The molecule has 10 heteroatoms. The number of ether oxygens (including phenoxy) is 2. The summed E-state index contributed by atoms with van der Waals surface area (Å²) < 4.78 is 38.1. The molecular weight excluding hydrogens is 578 g/mol. The first-order valence-electron chi connectivity index (χ1n) is 15.1. The first kappa shape index (κ1) is 32.9. The highest BCUT2D eigenvalue weighted by Crippen LogP contribution is 2.35. The molecule has 44 heavy (non-hydrogen) atoms. The Morgan fingerprint density at radius 3 is 2.30 bits per heavy atom. The van der Waals surface area contributed by atoms with Gasteiger partial charge in [0.2, 0.25) is 21.8 Å². The summed E-state index contributed by atoms with van der Waals surface area (Å²) in [6, 6.07) is 21.8. The molecule has 1 aliphatic heterocycles. The third kappa shape index (κ3) is 9.22. The van der Waals surface area contributed by atoms with Crippen molar-refractivity contribution in [3.8, 4) is 11.5 Å². The number of benzene rings is 3. The van der Waals surface area contributed by atoms with Crippen molar-refractivity contribution in [2.24, 2.45) is 5.92 Å². The van der Waals surface area contributed by atoms with Crippen molar-refractivity contribution >= 4 is 27.5 Å². The highest BCUT2D eigenvalue weighted by molar-refractivity contribution is 7.92. The average Bonchev–Trinajstić information content (AvgIpc) is 2.99. The summed E-state index contributed by atoms with van der Waals surface area (Å²) in [6.45, 7) is 7.70. The molecule has 1 heterocycles. The van der Waals surface area contributed by atoms with Gasteiger partial charge in [0.1, 0.15) is 19.3 Å². The third-order valence-electron chi connectivity index (χ3n) is 7.36. The fourth-order valence-corrected chi connectivity index (χ4v) is 6.13. The Bertz CT molecular complexity index is 1530. The van der Waals surface area contributed by atoms with Gasteiger partial charge in [-0.3, -0.25) is 13.9 Å². The molecule has 236 valence electrons. The molecule has 0 saturated heterocycles. The molecule has 9 nitrogen and oxygen atoms in total. The van der Waals surface area contributed by atoms with Crippen molar-refractivity contribution in [2.75, 3.05) is 36.9 Å². The molecule has 0 aliphatic carbocycles. The molecule has 1 atom stereocenters. The number of carbonyl (C=O) groups is 2. The second kappa shape index (κ2) is 15.1. The van der Waals surface area contributed by atoms with Crippen LogP contribution in [0.15, 0.2) is 72.8 Å². The Labute approximate surface area is 261 Å². The SMILES string of the molecule is Cc1cccc(CN(C(=O)CCCN(c2ccc3c(c2)OCCO3)S(C)(=O)=O)[C@H](Cc2ccccc2)C(=O)NCC(C)C)c1. The molecule has 0 spiro atoms. The van der Waals surface area contributed by atoms with Crippen LogP contribution in [0.25, 0.3) is 0 Å². The van der Waals surface area contributed by atoms with E-state index in [1.807, 2.05) is 75.4 Å². The van der Waals surface area contributed by atoms with Crippen molar-refractivity contribution in [3.05, 3.63) is 89.5 Å². The predicted octanol–water partition coefficient (Wildman–Crippen LogP) is 4.72. The number of rotatable bonds is 14. The second-order valence-electron chi connectivity index (χ2n) is 11.6. The van der Waals surface area contributed by atoms with Crippen LogP contribution in [-0.2, 0) is 32.6 Å². The lowest BCUT2D eigenvalue weighted by Gasteiger charge is -2.32. The topological polar surface area (TPSA) is 105 Å². The van der Waals surface area contributed by atoms with E-state index in [9.17, 15) is 18.0 Å². The quantitative estimate of drug-likeness (QED) is 0.279. The molecule has 2 amide bonds. The zero-order valence-corrected chi connectivity index (χ0v) is 26.8. The van der Waals surface area contributed by atoms with Crippen LogP contribution in [0.1, 0.15) is 43.4 Å². The Hall–Kier alpha value is -4.05. The van der Waals surface area contributed by atoms with E-state index in [4.69, 9.17) is 9.47 Å². The van der Waals surface area contributed by atoms with Gasteiger partial charge in [-0.05, 0) is 42.5 Å². The molecule has 3 aromatic rings. The van der Waals surface area contributed by atoms with Gasteiger partial charge in [-0.15, -0.1) is 0 Å². The zero-order chi connectivity index (χ0) is 31.7. The maximum atomic E-state index is 14.0. The minimum absolute atomic E-state index is 0.0607. The van der Waals surface area contributed by atoms with Crippen molar-refractivity contribution in [1.29, 1.82) is 0 Å². The molecule has 0 radical (unpaired) electrons. The lowest BCUT2D eigenvalue weighted by atomic mass is 10.0. The number of fused-ring (bicyclic) bond motifs is 1. The summed E-state index contributed by atoms with van der Waals surface area (Å²) in [5, 5.41) is 3.03. The van der Waals surface area contributed by atoms with Crippen LogP contribution in [0.4, 0.5) is 5.69 Å². The van der Waals surface area contributed by atoms with Crippen molar-refractivity contribution in [2.45, 2.75) is 52.6 Å². The first-order valence-corrected chi connectivity index (χ1v) is 16.9. The lowest BCUT2D eigenvalue weighted by Crippen LogP contribution is -2.51. The fourth-order valence-electron chi connectivity index (χ4n) is 5.17. The number of anilines is 1. The van der Waals surface area contributed by atoms with E-state index in [2.05, 4.69) is 5.32 Å². The number of aryl methyl sites for hydroxylation is 1. The van der Waals surface area contributed by atoms with Crippen LogP contribution >= 0.6 is 0 Å². The van der Waals surface area contributed by atoms with E-state index >= 15 is 0 Å². The number of amides is 2. The smallest absolute Gasteiger partial charge is 0.243 e.